The standard InChI is InChI=1S/C16H21F3N2/c1-4-14(16(17,18)19)11-13(2)12-21-9-6-15(3,5-8-20)7-10-21/h4,11H,1-2,5-7,9-10,12H2,3H3/b14-11+. The summed E-state index contributed by atoms with van der Waals surface area (Å²) >= 11 is 0. The number of allylic oxidation sites excluding steroid dienone is 2. The zero-order chi connectivity index (χ0) is 16.1. The number of alkyl halides is 3. The predicted octanol–water partition coefficient (Wildman–Crippen LogP) is 4.23. The van der Waals surface area contributed by atoms with Gasteiger partial charge in [0, 0.05) is 13.0 Å². The van der Waals surface area contributed by atoms with E-state index in [1.165, 1.54) is 0 Å². The minimum absolute atomic E-state index is 0.0284. The summed E-state index contributed by atoms with van der Waals surface area (Å²) in [4.78, 5) is 2.08. The van der Waals surface area contributed by atoms with Gasteiger partial charge in [-0.25, -0.2) is 0 Å². The second-order valence-electron chi connectivity index (χ2n) is 5.88. The molecular formula is C16H21F3N2. The molecule has 1 fully saturated rings. The third-order valence-corrected chi connectivity index (χ3v) is 3.90. The van der Waals surface area contributed by atoms with Crippen LogP contribution in [0, 0.1) is 16.7 Å². The molecule has 0 aromatic heterocycles. The first-order chi connectivity index (χ1) is 9.70. The lowest BCUT2D eigenvalue weighted by Gasteiger charge is -2.38. The lowest BCUT2D eigenvalue weighted by Crippen LogP contribution is -2.39. The lowest BCUT2D eigenvalue weighted by molar-refractivity contribution is -0.0882. The number of rotatable bonds is 5. The van der Waals surface area contributed by atoms with Gasteiger partial charge in [0.05, 0.1) is 11.6 Å². The Morgan fingerprint density at radius 3 is 2.38 bits per heavy atom. The maximum atomic E-state index is 12.6. The van der Waals surface area contributed by atoms with Crippen LogP contribution in [0.4, 0.5) is 13.2 Å². The van der Waals surface area contributed by atoms with E-state index in [9.17, 15) is 13.2 Å². The van der Waals surface area contributed by atoms with Gasteiger partial charge in [-0.05, 0) is 43.0 Å². The van der Waals surface area contributed by atoms with Crippen molar-refractivity contribution in [2.45, 2.75) is 32.4 Å². The van der Waals surface area contributed by atoms with Crippen LogP contribution in [-0.2, 0) is 0 Å². The van der Waals surface area contributed by atoms with Gasteiger partial charge >= 0.3 is 6.18 Å². The van der Waals surface area contributed by atoms with E-state index in [1.807, 2.05) is 0 Å². The summed E-state index contributed by atoms with van der Waals surface area (Å²) in [5.74, 6) is 0. The molecule has 2 nitrogen and oxygen atoms in total. The molecule has 0 atom stereocenters. The highest BCUT2D eigenvalue weighted by Gasteiger charge is 2.32. The van der Waals surface area contributed by atoms with Crippen molar-refractivity contribution in [3.63, 3.8) is 0 Å². The highest BCUT2D eigenvalue weighted by Crippen LogP contribution is 2.34. The zero-order valence-electron chi connectivity index (χ0n) is 12.3. The van der Waals surface area contributed by atoms with Crippen molar-refractivity contribution in [1.29, 1.82) is 5.26 Å². The first-order valence-corrected chi connectivity index (χ1v) is 6.88. The number of hydrogen-bond acceptors (Lipinski definition) is 2. The second kappa shape index (κ2) is 6.95. The van der Waals surface area contributed by atoms with Crippen LogP contribution >= 0.6 is 0 Å². The third kappa shape index (κ3) is 5.39. The number of nitrogens with zero attached hydrogens (tertiary/aromatic N) is 2. The zero-order valence-corrected chi connectivity index (χ0v) is 12.3. The molecule has 0 aliphatic carbocycles. The molecule has 0 bridgehead atoms. The van der Waals surface area contributed by atoms with E-state index in [2.05, 4.69) is 31.1 Å². The van der Waals surface area contributed by atoms with Gasteiger partial charge in [0.25, 0.3) is 0 Å². The maximum Gasteiger partial charge on any atom is 0.416 e. The van der Waals surface area contributed by atoms with Crippen molar-refractivity contribution >= 4 is 0 Å². The van der Waals surface area contributed by atoms with Crippen LogP contribution in [0.25, 0.3) is 0 Å². The topological polar surface area (TPSA) is 27.0 Å². The number of nitriles is 1. The number of halogens is 3. The van der Waals surface area contributed by atoms with Crippen LogP contribution in [0.15, 0.2) is 36.5 Å². The molecule has 0 N–H and O–H groups in total. The fraction of sp³-hybridized carbons (Fsp3) is 0.562. The third-order valence-electron chi connectivity index (χ3n) is 3.90. The Morgan fingerprint density at radius 2 is 1.95 bits per heavy atom. The van der Waals surface area contributed by atoms with Crippen molar-refractivity contribution in [1.82, 2.24) is 4.90 Å². The van der Waals surface area contributed by atoms with Crippen LogP contribution in [-0.4, -0.2) is 30.7 Å². The Labute approximate surface area is 124 Å². The predicted molar refractivity (Wildman–Crippen MR) is 77.5 cm³/mol. The first-order valence-electron chi connectivity index (χ1n) is 6.88. The Bertz CT molecular complexity index is 461. The Balaban J connectivity index is 2.57. The van der Waals surface area contributed by atoms with Crippen molar-refractivity contribution in [2.24, 2.45) is 5.41 Å². The summed E-state index contributed by atoms with van der Waals surface area (Å²) in [5, 5.41) is 8.80. The first kappa shape index (κ1) is 17.5. The van der Waals surface area contributed by atoms with Crippen LogP contribution < -0.4 is 0 Å². The molecule has 0 amide bonds. The molecule has 0 unspecified atom stereocenters. The molecule has 0 radical (unpaired) electrons. The Morgan fingerprint density at radius 1 is 1.38 bits per heavy atom. The molecular weight excluding hydrogens is 277 g/mol. The van der Waals surface area contributed by atoms with E-state index in [0.717, 1.165) is 38.1 Å². The van der Waals surface area contributed by atoms with Gasteiger partial charge in [-0.1, -0.05) is 26.2 Å². The largest absolute Gasteiger partial charge is 0.416 e. The van der Waals surface area contributed by atoms with Gasteiger partial charge in [0.2, 0.25) is 0 Å². The fourth-order valence-electron chi connectivity index (χ4n) is 2.43. The summed E-state index contributed by atoms with van der Waals surface area (Å²) in [6, 6.07) is 2.20. The molecule has 116 valence electrons. The van der Waals surface area contributed by atoms with Gasteiger partial charge in [0.1, 0.15) is 0 Å². The summed E-state index contributed by atoms with van der Waals surface area (Å²) in [6.45, 7) is 11.0. The van der Waals surface area contributed by atoms with E-state index in [4.69, 9.17) is 5.26 Å². The summed E-state index contributed by atoms with van der Waals surface area (Å²) in [6.07, 6.45) is -0.244. The van der Waals surface area contributed by atoms with Gasteiger partial charge in [0.15, 0.2) is 0 Å². The molecule has 21 heavy (non-hydrogen) atoms. The average molecular weight is 298 g/mol. The molecule has 0 spiro atoms. The van der Waals surface area contributed by atoms with Crippen molar-refractivity contribution < 1.29 is 13.2 Å². The Hall–Kier alpha value is -1.54. The van der Waals surface area contributed by atoms with E-state index in [1.54, 1.807) is 0 Å². The van der Waals surface area contributed by atoms with Gasteiger partial charge in [-0.3, -0.25) is 4.90 Å². The van der Waals surface area contributed by atoms with Gasteiger partial charge in [-0.2, -0.15) is 18.4 Å². The van der Waals surface area contributed by atoms with Crippen LogP contribution in [0.2, 0.25) is 0 Å². The minimum atomic E-state index is -4.39. The van der Waals surface area contributed by atoms with Gasteiger partial charge < -0.3 is 0 Å². The summed E-state index contributed by atoms with van der Waals surface area (Å²) < 4.78 is 37.9. The average Bonchev–Trinajstić information content (AvgIpc) is 2.38. The molecule has 1 aliphatic heterocycles. The number of likely N-dealkylation sites (tertiary alicyclic amines) is 1. The number of piperidine rings is 1. The summed E-state index contributed by atoms with van der Waals surface area (Å²) in [5.41, 5.74) is -0.314. The van der Waals surface area contributed by atoms with Crippen molar-refractivity contribution in [2.75, 3.05) is 19.6 Å². The highest BCUT2D eigenvalue weighted by atomic mass is 19.4. The van der Waals surface area contributed by atoms with E-state index >= 15 is 0 Å². The molecule has 1 saturated heterocycles. The minimum Gasteiger partial charge on any atom is -0.299 e. The lowest BCUT2D eigenvalue weighted by atomic mass is 9.78. The second-order valence-corrected chi connectivity index (χ2v) is 5.88. The normalized spacial score (nSPS) is 19.9. The molecule has 0 aromatic rings. The van der Waals surface area contributed by atoms with E-state index < -0.39 is 11.7 Å². The quantitative estimate of drug-likeness (QED) is 0.710. The molecule has 0 saturated carbocycles. The summed E-state index contributed by atoms with van der Waals surface area (Å²) in [7, 11) is 0. The van der Waals surface area contributed by atoms with E-state index in [0.29, 0.717) is 18.5 Å². The van der Waals surface area contributed by atoms with Crippen molar-refractivity contribution in [3.8, 4) is 6.07 Å². The fourth-order valence-corrected chi connectivity index (χ4v) is 2.43. The smallest absolute Gasteiger partial charge is 0.299 e. The molecule has 0 aromatic carbocycles. The molecule has 1 aliphatic rings. The molecule has 1 heterocycles. The molecule has 5 heteroatoms. The SMILES string of the molecule is C=C/C(=C\C(=C)CN1CCC(C)(CC#N)CC1)C(F)(F)F. The van der Waals surface area contributed by atoms with Crippen LogP contribution in [0.1, 0.15) is 26.2 Å². The monoisotopic (exact) mass is 298 g/mol. The van der Waals surface area contributed by atoms with Crippen LogP contribution in [0.3, 0.4) is 0 Å². The van der Waals surface area contributed by atoms with Crippen LogP contribution in [0.5, 0.6) is 0 Å². The van der Waals surface area contributed by atoms with E-state index in [-0.39, 0.29) is 5.41 Å². The molecule has 1 rings (SSSR count). The van der Waals surface area contributed by atoms with Gasteiger partial charge in [-0.15, -0.1) is 0 Å². The number of hydrogen-bond donors (Lipinski definition) is 0. The highest BCUT2D eigenvalue weighted by molar-refractivity contribution is 5.31. The maximum absolute atomic E-state index is 12.6. The Kier molecular flexibility index (Phi) is 5.79. The van der Waals surface area contributed by atoms with Crippen molar-refractivity contribution in [3.05, 3.63) is 36.5 Å².